The van der Waals surface area contributed by atoms with Crippen molar-refractivity contribution in [2.45, 2.75) is 19.9 Å². The number of fused-ring (bicyclic) bond motifs is 1. The van der Waals surface area contributed by atoms with Crippen LogP contribution >= 0.6 is 0 Å². The van der Waals surface area contributed by atoms with E-state index in [1.165, 1.54) is 7.05 Å². The molecule has 0 spiro atoms. The number of amides is 2. The zero-order valence-corrected chi connectivity index (χ0v) is 16.1. The second-order valence-corrected chi connectivity index (χ2v) is 6.33. The molecule has 1 aromatic heterocycles. The topological polar surface area (TPSA) is 129 Å². The Morgan fingerprint density at radius 2 is 1.83 bits per heavy atom. The molecule has 10 heteroatoms. The summed E-state index contributed by atoms with van der Waals surface area (Å²) in [5.41, 5.74) is -0.0992. The van der Waals surface area contributed by atoms with Crippen molar-refractivity contribution in [1.82, 2.24) is 20.4 Å². The number of nitrogens with one attached hydrogen (secondary N) is 2. The summed E-state index contributed by atoms with van der Waals surface area (Å²) in [6, 6.07) is 5.40. The molecule has 3 rings (SSSR count). The van der Waals surface area contributed by atoms with Crippen LogP contribution in [0.2, 0.25) is 0 Å². The number of carbonyl (C=O) groups is 3. The van der Waals surface area contributed by atoms with Gasteiger partial charge in [0.15, 0.2) is 5.69 Å². The molecular weight excluding hydrogens is 380 g/mol. The van der Waals surface area contributed by atoms with Crippen molar-refractivity contribution < 1.29 is 23.9 Å². The van der Waals surface area contributed by atoms with E-state index in [1.807, 2.05) is 0 Å². The third-order valence-corrected chi connectivity index (χ3v) is 4.36. The quantitative estimate of drug-likeness (QED) is 0.704. The Hall–Kier alpha value is -3.69. The molecule has 0 radical (unpaired) electrons. The first-order chi connectivity index (χ1) is 13.8. The fourth-order valence-electron chi connectivity index (χ4n) is 3.05. The molecule has 2 aromatic rings. The Morgan fingerprint density at radius 1 is 1.14 bits per heavy atom. The largest absolute Gasteiger partial charge is 0.463 e. The van der Waals surface area contributed by atoms with Crippen molar-refractivity contribution in [2.24, 2.45) is 7.05 Å². The van der Waals surface area contributed by atoms with Crippen LogP contribution in [0.1, 0.15) is 24.3 Å². The average Bonchev–Trinajstić information content (AvgIpc) is 2.68. The molecular formula is C19H20N4O6. The summed E-state index contributed by atoms with van der Waals surface area (Å²) in [5, 5.41) is 9.71. The fraction of sp³-hybridized carbons (Fsp3) is 0.316. The molecule has 0 fully saturated rings. The zero-order chi connectivity index (χ0) is 21.1. The minimum Gasteiger partial charge on any atom is -0.463 e. The minimum atomic E-state index is -0.798. The van der Waals surface area contributed by atoms with Gasteiger partial charge in [-0.25, -0.2) is 19.1 Å². The van der Waals surface area contributed by atoms with Gasteiger partial charge >= 0.3 is 18.0 Å². The first kappa shape index (κ1) is 20.1. The number of benzene rings is 1. The average molecular weight is 400 g/mol. The summed E-state index contributed by atoms with van der Waals surface area (Å²) in [6.45, 7) is 3.07. The highest BCUT2D eigenvalue weighted by molar-refractivity contribution is 6.02. The molecule has 2 amide bonds. The summed E-state index contributed by atoms with van der Waals surface area (Å²) in [6.07, 6.45) is 0. The monoisotopic (exact) mass is 400 g/mol. The SMILES string of the molecule is CCOC(=O)C1=C(COC(=O)c2nn(C)c(=O)c3ccccc23)NC(=O)NC1C. The highest BCUT2D eigenvalue weighted by Crippen LogP contribution is 2.17. The number of aromatic nitrogens is 2. The molecule has 0 saturated heterocycles. The van der Waals surface area contributed by atoms with Crippen molar-refractivity contribution in [2.75, 3.05) is 13.2 Å². The lowest BCUT2D eigenvalue weighted by molar-refractivity contribution is -0.139. The molecule has 0 saturated carbocycles. The predicted molar refractivity (Wildman–Crippen MR) is 102 cm³/mol. The molecule has 1 atom stereocenters. The standard InChI is InChI=1S/C19H20N4O6/c1-4-28-17(25)14-10(2)20-19(27)21-13(14)9-29-18(26)15-11-7-5-6-8-12(11)16(24)23(3)22-15/h5-8,10H,4,9H2,1-3H3,(H2,20,21,27). The summed E-state index contributed by atoms with van der Waals surface area (Å²) in [5.74, 6) is -1.42. The van der Waals surface area contributed by atoms with Crippen molar-refractivity contribution in [3.8, 4) is 0 Å². The normalized spacial score (nSPS) is 16.2. The van der Waals surface area contributed by atoms with Gasteiger partial charge in [0.25, 0.3) is 5.56 Å². The molecule has 1 aromatic carbocycles. The Bertz CT molecular complexity index is 1090. The van der Waals surface area contributed by atoms with Crippen molar-refractivity contribution in [3.05, 3.63) is 51.6 Å². The van der Waals surface area contributed by atoms with E-state index in [1.54, 1.807) is 38.1 Å². The molecule has 2 heterocycles. The van der Waals surface area contributed by atoms with Gasteiger partial charge in [-0.05, 0) is 19.9 Å². The molecule has 0 bridgehead atoms. The van der Waals surface area contributed by atoms with Gasteiger partial charge in [0.2, 0.25) is 0 Å². The number of esters is 2. The predicted octanol–water partition coefficient (Wildman–Crippen LogP) is 0.609. The first-order valence-corrected chi connectivity index (χ1v) is 8.94. The van der Waals surface area contributed by atoms with Gasteiger partial charge in [0.05, 0.1) is 29.3 Å². The molecule has 0 aliphatic carbocycles. The number of ether oxygens (including phenoxy) is 2. The second kappa shape index (κ2) is 8.13. The van der Waals surface area contributed by atoms with Crippen LogP contribution in [-0.2, 0) is 21.3 Å². The number of carbonyl (C=O) groups excluding carboxylic acids is 3. The summed E-state index contributed by atoms with van der Waals surface area (Å²) < 4.78 is 11.4. The van der Waals surface area contributed by atoms with Gasteiger partial charge in [-0.1, -0.05) is 18.2 Å². The number of hydrogen-bond acceptors (Lipinski definition) is 7. The van der Waals surface area contributed by atoms with E-state index in [4.69, 9.17) is 9.47 Å². The third kappa shape index (κ3) is 3.96. The van der Waals surface area contributed by atoms with Crippen molar-refractivity contribution >= 4 is 28.7 Å². The van der Waals surface area contributed by atoms with Crippen LogP contribution in [-0.4, -0.2) is 47.0 Å². The van der Waals surface area contributed by atoms with Crippen molar-refractivity contribution in [1.29, 1.82) is 0 Å². The molecule has 1 aliphatic heterocycles. The summed E-state index contributed by atoms with van der Waals surface area (Å²) in [7, 11) is 1.43. The van der Waals surface area contributed by atoms with Crippen LogP contribution < -0.4 is 16.2 Å². The van der Waals surface area contributed by atoms with Crippen molar-refractivity contribution in [3.63, 3.8) is 0 Å². The van der Waals surface area contributed by atoms with Crippen LogP contribution in [0.25, 0.3) is 10.8 Å². The highest BCUT2D eigenvalue weighted by atomic mass is 16.5. The van der Waals surface area contributed by atoms with Gasteiger partial charge in [-0.3, -0.25) is 4.79 Å². The van der Waals surface area contributed by atoms with Gasteiger partial charge in [-0.2, -0.15) is 5.10 Å². The highest BCUT2D eigenvalue weighted by Gasteiger charge is 2.30. The Kier molecular flexibility index (Phi) is 5.62. The lowest BCUT2D eigenvalue weighted by Gasteiger charge is -2.26. The number of urea groups is 1. The lowest BCUT2D eigenvalue weighted by Crippen LogP contribution is -2.50. The summed E-state index contributed by atoms with van der Waals surface area (Å²) >= 11 is 0. The molecule has 1 aliphatic rings. The van der Waals surface area contributed by atoms with E-state index in [-0.39, 0.29) is 35.7 Å². The number of hydrogen-bond donors (Lipinski definition) is 2. The number of nitrogens with zero attached hydrogens (tertiary/aromatic N) is 2. The maximum absolute atomic E-state index is 12.7. The van der Waals surface area contributed by atoms with Gasteiger partial charge in [-0.15, -0.1) is 0 Å². The lowest BCUT2D eigenvalue weighted by atomic mass is 10.0. The maximum Gasteiger partial charge on any atom is 0.359 e. The van der Waals surface area contributed by atoms with Gasteiger partial charge in [0, 0.05) is 12.4 Å². The van der Waals surface area contributed by atoms with E-state index in [9.17, 15) is 19.2 Å². The number of rotatable bonds is 5. The van der Waals surface area contributed by atoms with E-state index < -0.39 is 24.0 Å². The number of aryl methyl sites for hydroxylation is 1. The zero-order valence-electron chi connectivity index (χ0n) is 16.1. The van der Waals surface area contributed by atoms with Crippen LogP contribution in [0.15, 0.2) is 40.3 Å². The van der Waals surface area contributed by atoms with Crippen LogP contribution in [0, 0.1) is 0 Å². The Balaban J connectivity index is 1.91. The molecule has 2 N–H and O–H groups in total. The first-order valence-electron chi connectivity index (χ1n) is 8.94. The molecule has 29 heavy (non-hydrogen) atoms. The van der Waals surface area contributed by atoms with Crippen LogP contribution in [0.5, 0.6) is 0 Å². The van der Waals surface area contributed by atoms with E-state index in [2.05, 4.69) is 15.7 Å². The Morgan fingerprint density at radius 3 is 2.52 bits per heavy atom. The molecule has 152 valence electrons. The third-order valence-electron chi connectivity index (χ3n) is 4.36. The fourth-order valence-corrected chi connectivity index (χ4v) is 3.05. The van der Waals surface area contributed by atoms with Crippen LogP contribution in [0.3, 0.4) is 0 Å². The van der Waals surface area contributed by atoms with Crippen LogP contribution in [0.4, 0.5) is 4.79 Å². The molecule has 10 nitrogen and oxygen atoms in total. The van der Waals surface area contributed by atoms with Gasteiger partial charge in [0.1, 0.15) is 6.61 Å². The molecule has 1 unspecified atom stereocenters. The second-order valence-electron chi connectivity index (χ2n) is 6.33. The maximum atomic E-state index is 12.7. The van der Waals surface area contributed by atoms with E-state index in [0.717, 1.165) is 4.68 Å². The Labute approximate surface area is 165 Å². The minimum absolute atomic E-state index is 0.0469. The smallest absolute Gasteiger partial charge is 0.359 e. The van der Waals surface area contributed by atoms with E-state index in [0.29, 0.717) is 10.8 Å². The van der Waals surface area contributed by atoms with Gasteiger partial charge < -0.3 is 20.1 Å². The van der Waals surface area contributed by atoms with E-state index >= 15 is 0 Å². The summed E-state index contributed by atoms with van der Waals surface area (Å²) in [4.78, 5) is 48.9.